The third-order valence-electron chi connectivity index (χ3n) is 25.7. The molecule has 0 radical (unpaired) electrons. The highest BCUT2D eigenvalue weighted by Crippen LogP contribution is 2.45. The molecule has 8 heterocycles. The summed E-state index contributed by atoms with van der Waals surface area (Å²) in [5.41, 5.74) is 8.19. The number of fused-ring (bicyclic) bond motifs is 2. The van der Waals surface area contributed by atoms with Crippen molar-refractivity contribution in [2.45, 2.75) is 121 Å². The van der Waals surface area contributed by atoms with E-state index in [1.165, 1.54) is 41.8 Å². The van der Waals surface area contributed by atoms with Crippen LogP contribution in [0, 0.1) is 11.8 Å². The minimum absolute atomic E-state index is 0.00173. The van der Waals surface area contributed by atoms with Crippen molar-refractivity contribution in [1.82, 2.24) is 12.9 Å². The number of ether oxygens (including phenoxy) is 3. The van der Waals surface area contributed by atoms with Gasteiger partial charge in [-0.2, -0.15) is 12.9 Å². The van der Waals surface area contributed by atoms with Crippen molar-refractivity contribution in [2.24, 2.45) is 11.8 Å². The van der Waals surface area contributed by atoms with Crippen LogP contribution in [0.3, 0.4) is 0 Å². The fourth-order valence-electron chi connectivity index (χ4n) is 19.1. The van der Waals surface area contributed by atoms with Crippen LogP contribution < -0.4 is 29.5 Å². The summed E-state index contributed by atoms with van der Waals surface area (Å²) in [5, 5.41) is 7.25. The molecule has 674 valence electrons. The van der Waals surface area contributed by atoms with Gasteiger partial charge in [0.25, 0.3) is 17.7 Å². The van der Waals surface area contributed by atoms with Gasteiger partial charge in [-0.15, -0.1) is 0 Å². The number of benzene rings is 11. The lowest BCUT2D eigenvalue weighted by Gasteiger charge is -2.34. The summed E-state index contributed by atoms with van der Waals surface area (Å²) in [6.45, 7) is 4.78. The largest absolute Gasteiger partial charge is 0.493 e. The molecule has 11 aromatic rings. The first kappa shape index (κ1) is 90.2. The maximum absolute atomic E-state index is 13.9. The number of methoxy groups -OCH3 is 1. The van der Waals surface area contributed by atoms with Crippen molar-refractivity contribution >= 4 is 146 Å². The first-order valence-corrected chi connectivity index (χ1v) is 51.2. The molecule has 8 aliphatic heterocycles. The molecule has 27 nitrogen and oxygen atoms in total. The minimum atomic E-state index is -3.91. The fourth-order valence-corrected chi connectivity index (χ4v) is 26.3. The molecule has 0 aliphatic carbocycles. The Morgan fingerprint density at radius 1 is 0.415 bits per heavy atom. The number of carbonyl (C=O) groups is 7. The number of hydrogen-bond acceptors (Lipinski definition) is 20. The molecule has 1 N–H and O–H groups in total. The molecule has 11 aromatic carbocycles. The predicted octanol–water partition coefficient (Wildman–Crippen LogP) is 13.0. The van der Waals surface area contributed by atoms with Gasteiger partial charge < -0.3 is 34.2 Å². The molecule has 0 spiro atoms. The van der Waals surface area contributed by atoms with E-state index in [0.29, 0.717) is 152 Å². The molecule has 0 aromatic heterocycles. The molecule has 0 bridgehead atoms. The van der Waals surface area contributed by atoms with Crippen molar-refractivity contribution < 1.29 is 89.9 Å². The second-order valence-electron chi connectivity index (χ2n) is 33.8. The lowest BCUT2D eigenvalue weighted by atomic mass is 9.89. The highest BCUT2D eigenvalue weighted by molar-refractivity contribution is 7.92. The number of hydrogen-bond donors (Lipinski definition) is 1. The topological polar surface area (TPSA) is 349 Å². The Morgan fingerprint density at radius 3 is 1.27 bits per heavy atom. The molecule has 3 atom stereocenters. The van der Waals surface area contributed by atoms with E-state index < -0.39 is 67.6 Å². The number of piperidine rings is 3. The molecule has 3 fully saturated rings. The first-order valence-electron chi connectivity index (χ1n) is 43.6. The van der Waals surface area contributed by atoms with Crippen LogP contribution in [0.5, 0.6) is 11.5 Å². The Bertz CT molecular complexity index is 7010. The molecular formula is C98H97N7O20S5. The third-order valence-corrected chi connectivity index (χ3v) is 34.8. The second-order valence-corrected chi connectivity index (χ2v) is 43.8. The number of carbonyl (C=O) groups excluding carboxylic acids is 7. The summed E-state index contributed by atoms with van der Waals surface area (Å²) in [7, 11) is -17.0. The first-order chi connectivity index (χ1) is 62.5. The van der Waals surface area contributed by atoms with Crippen molar-refractivity contribution in [2.75, 3.05) is 111 Å². The number of nitrogens with one attached hydrogen (secondary N) is 1. The third kappa shape index (κ3) is 18.0. The standard InChI is InChI=1S/2C34H32N2O7S2.C30H33N3O6S/c37-31(25-6-5-16-35(22-25)45(41,42)27-12-14-32-24(20-27)15-18-43-32)21-23-11-13-30-33-28(23)9-4-10-29(33)34(38)36(30)17-19-44(39,40)26-7-2-1-3-8-26;37-31(29-11-4-5-17-36(29)45(41,42)26-13-15-32-24(21-26)16-19-43-32)22-23-12-14-30-33-27(23)9-6-10-28(33)34(38)35(30)18-20-44(39,40)25-7-2-1-3-8-25;1-20(34)31-23-10-12-24(13-11-23)40(37,38)32-15-4-6-22(19-32)28(35)18-21-9-14-27-29-25(21)7-3-8-26(29)30(36)33(27)16-5-17-39-2/h1-4,7-14,20,25H,5-6,15-19,21-22H2;1-3,6-10,12-15,21,29H,4-5,11,16-20,22H2;3,7-14,22H,4-6,15-19H2,1-2H3,(H,31,34). The van der Waals surface area contributed by atoms with Gasteiger partial charge in [-0.1, -0.05) is 97.4 Å². The van der Waals surface area contributed by atoms with E-state index in [-0.39, 0.29) is 129 Å². The minimum Gasteiger partial charge on any atom is -0.493 e. The molecule has 32 heteroatoms. The number of amides is 4. The summed E-state index contributed by atoms with van der Waals surface area (Å²) < 4.78 is 153. The van der Waals surface area contributed by atoms with Crippen LogP contribution in [0.1, 0.15) is 117 Å². The van der Waals surface area contributed by atoms with Crippen molar-refractivity contribution in [3.05, 3.63) is 257 Å². The molecule has 130 heavy (non-hydrogen) atoms. The Hall–Kier alpha value is -11.7. The molecule has 4 amide bonds. The quantitative estimate of drug-likeness (QED) is 0.0445. The monoisotopic (exact) mass is 1850 g/mol. The van der Waals surface area contributed by atoms with Crippen LogP contribution in [0.25, 0.3) is 32.3 Å². The Morgan fingerprint density at radius 2 is 0.831 bits per heavy atom. The number of sulfone groups is 2. The van der Waals surface area contributed by atoms with Crippen molar-refractivity contribution in [3.8, 4) is 11.5 Å². The van der Waals surface area contributed by atoms with Crippen LogP contribution in [0.15, 0.2) is 237 Å². The van der Waals surface area contributed by atoms with Crippen molar-refractivity contribution in [1.29, 1.82) is 0 Å². The van der Waals surface area contributed by atoms with Crippen LogP contribution in [-0.2, 0) is 106 Å². The summed E-state index contributed by atoms with van der Waals surface area (Å²) >= 11 is 0. The Labute approximate surface area is 755 Å². The van der Waals surface area contributed by atoms with Gasteiger partial charge in [0.05, 0.1) is 72.3 Å². The second kappa shape index (κ2) is 37.3. The number of nitrogens with zero attached hydrogens (tertiary/aromatic N) is 6. The zero-order chi connectivity index (χ0) is 91.1. The van der Waals surface area contributed by atoms with E-state index in [1.807, 2.05) is 48.5 Å². The van der Waals surface area contributed by atoms with E-state index in [9.17, 15) is 75.7 Å². The molecule has 19 rings (SSSR count). The van der Waals surface area contributed by atoms with E-state index in [2.05, 4.69) is 5.32 Å². The van der Waals surface area contributed by atoms with Gasteiger partial charge in [0.1, 0.15) is 23.1 Å². The maximum Gasteiger partial charge on any atom is 0.259 e. The van der Waals surface area contributed by atoms with Gasteiger partial charge in [-0.25, -0.2) is 42.1 Å². The van der Waals surface area contributed by atoms with Gasteiger partial charge in [0, 0.05) is 155 Å². The van der Waals surface area contributed by atoms with E-state index in [4.69, 9.17) is 14.2 Å². The maximum atomic E-state index is 13.9. The number of ketones is 3. The number of rotatable bonds is 28. The summed E-state index contributed by atoms with van der Waals surface area (Å²) in [6.07, 6.45) is 6.59. The average molecular weight is 1850 g/mol. The summed E-state index contributed by atoms with van der Waals surface area (Å²) in [5.74, 6) is -1.00. The zero-order valence-corrected chi connectivity index (χ0v) is 75.8. The van der Waals surface area contributed by atoms with Crippen LogP contribution in [-0.4, -0.2) is 193 Å². The number of anilines is 4. The molecule has 3 unspecified atom stereocenters. The van der Waals surface area contributed by atoms with Gasteiger partial charge in [0.15, 0.2) is 25.5 Å². The molecule has 8 aliphatic rings. The Balaban J connectivity index is 0.000000137. The summed E-state index contributed by atoms with van der Waals surface area (Å²) in [6, 6.07) is 58.7. The zero-order valence-electron chi connectivity index (χ0n) is 71.7. The van der Waals surface area contributed by atoms with Gasteiger partial charge in [0.2, 0.25) is 36.0 Å². The molecule has 3 saturated heterocycles. The van der Waals surface area contributed by atoms with E-state index in [0.717, 1.165) is 62.3 Å². The lowest BCUT2D eigenvalue weighted by Crippen LogP contribution is -2.48. The molecule has 0 saturated carbocycles. The Kier molecular flexibility index (Phi) is 25.9. The van der Waals surface area contributed by atoms with Crippen LogP contribution in [0.2, 0.25) is 0 Å². The van der Waals surface area contributed by atoms with E-state index in [1.54, 1.807) is 164 Å². The predicted molar refractivity (Wildman–Crippen MR) is 493 cm³/mol. The van der Waals surface area contributed by atoms with Gasteiger partial charge in [-0.3, -0.25) is 33.6 Å². The van der Waals surface area contributed by atoms with Gasteiger partial charge >= 0.3 is 0 Å². The fraction of sp³-hybridized carbons (Fsp3) is 0.316. The number of sulfonamides is 3. The van der Waals surface area contributed by atoms with Crippen molar-refractivity contribution in [3.63, 3.8) is 0 Å². The number of Topliss-reactive ketones (excluding diaryl/α,β-unsaturated/α-hetero) is 3. The lowest BCUT2D eigenvalue weighted by molar-refractivity contribution is -0.124. The van der Waals surface area contributed by atoms with Crippen LogP contribution in [0.4, 0.5) is 22.7 Å². The smallest absolute Gasteiger partial charge is 0.259 e. The summed E-state index contributed by atoms with van der Waals surface area (Å²) in [4.78, 5) is 98.0. The average Bonchev–Trinajstić information content (AvgIpc) is 1.59. The SMILES string of the molecule is COCCCN1C(=O)c2cccc3c(CC(=O)C4CCCN(S(=O)(=O)c5ccc(NC(C)=O)cc5)C4)ccc1c23.O=C(Cc1ccc2c3c(cccc13)C(=O)N2CCS(=O)(=O)c1ccccc1)C1CCCCN1S(=O)(=O)c1ccc2c(c1)CCO2.O=C(Cc1ccc2c3c(cccc13)C(=O)N2CCS(=O)(=O)c1ccccc1)C1CCCN(S(=O)(=O)c2ccc3c(c2)CCO3)C1. The normalized spacial score (nSPS) is 18.0. The van der Waals surface area contributed by atoms with E-state index >= 15 is 0 Å². The van der Waals surface area contributed by atoms with Gasteiger partial charge in [-0.05, 0) is 210 Å². The highest BCUT2D eigenvalue weighted by Gasteiger charge is 2.42. The van der Waals surface area contributed by atoms with Crippen LogP contribution >= 0.6 is 0 Å². The highest BCUT2D eigenvalue weighted by atomic mass is 32.2. The molecular weight excluding hydrogens is 1760 g/mol.